The lowest BCUT2D eigenvalue weighted by Gasteiger charge is -2.30. The highest BCUT2D eigenvalue weighted by Gasteiger charge is 2.26. The van der Waals surface area contributed by atoms with Gasteiger partial charge in [0, 0.05) is 25.7 Å². The number of halogens is 1. The van der Waals surface area contributed by atoms with Crippen LogP contribution in [-0.4, -0.2) is 50.6 Å². The van der Waals surface area contributed by atoms with Crippen molar-refractivity contribution in [3.05, 3.63) is 28.1 Å². The van der Waals surface area contributed by atoms with Crippen molar-refractivity contribution in [1.82, 2.24) is 4.31 Å². The Labute approximate surface area is 139 Å². The van der Waals surface area contributed by atoms with Gasteiger partial charge in [0.1, 0.15) is 5.69 Å². The summed E-state index contributed by atoms with van der Waals surface area (Å²) in [7, 11) is -1.90. The Morgan fingerprint density at radius 3 is 2.54 bits per heavy atom. The van der Waals surface area contributed by atoms with Crippen LogP contribution in [0.3, 0.4) is 0 Å². The van der Waals surface area contributed by atoms with Crippen molar-refractivity contribution >= 4 is 21.4 Å². The minimum absolute atomic E-state index is 0.0741. The molecule has 1 N–H and O–H groups in total. The third kappa shape index (κ3) is 4.32. The summed E-state index contributed by atoms with van der Waals surface area (Å²) in [6.45, 7) is 1.30. The summed E-state index contributed by atoms with van der Waals surface area (Å²) in [4.78, 5) is 10.4. The minimum atomic E-state index is -3.18. The fraction of sp³-hybridized carbons (Fsp3) is 0.571. The molecule has 1 aliphatic rings. The number of nitrogens with one attached hydrogen (secondary N) is 1. The molecule has 0 amide bonds. The van der Waals surface area contributed by atoms with Crippen LogP contribution in [0.25, 0.3) is 0 Å². The zero-order valence-electron chi connectivity index (χ0n) is 13.5. The van der Waals surface area contributed by atoms with E-state index < -0.39 is 20.8 Å². The highest BCUT2D eigenvalue weighted by atomic mass is 32.2. The van der Waals surface area contributed by atoms with Gasteiger partial charge in [0.05, 0.1) is 24.4 Å². The number of rotatable bonds is 6. The van der Waals surface area contributed by atoms with E-state index >= 15 is 0 Å². The van der Waals surface area contributed by atoms with Crippen molar-refractivity contribution in [3.8, 4) is 5.75 Å². The largest absolute Gasteiger partial charge is 0.494 e. The molecule has 0 spiro atoms. The van der Waals surface area contributed by atoms with Crippen molar-refractivity contribution < 1.29 is 22.5 Å². The lowest BCUT2D eigenvalue weighted by molar-refractivity contribution is -0.384. The summed E-state index contributed by atoms with van der Waals surface area (Å²) in [5.41, 5.74) is -0.175. The van der Waals surface area contributed by atoms with Crippen LogP contribution in [0.5, 0.6) is 5.75 Å². The average molecular weight is 361 g/mol. The Kier molecular flexibility index (Phi) is 5.60. The molecule has 1 saturated heterocycles. The number of sulfonamides is 1. The molecule has 134 valence electrons. The van der Waals surface area contributed by atoms with E-state index in [-0.39, 0.29) is 23.0 Å². The number of benzene rings is 1. The molecular weight excluding hydrogens is 341 g/mol. The summed E-state index contributed by atoms with van der Waals surface area (Å²) >= 11 is 0. The molecule has 0 radical (unpaired) electrons. The number of piperidine rings is 1. The van der Waals surface area contributed by atoms with Crippen molar-refractivity contribution in [2.45, 2.75) is 12.8 Å². The van der Waals surface area contributed by atoms with E-state index in [1.807, 2.05) is 0 Å². The van der Waals surface area contributed by atoms with Gasteiger partial charge in [-0.25, -0.2) is 17.1 Å². The SMILES string of the molecule is COc1cc(NCC2CCN(S(C)(=O)=O)CC2)c([N+](=O)[O-])cc1F. The van der Waals surface area contributed by atoms with Gasteiger partial charge in [-0.05, 0) is 18.8 Å². The highest BCUT2D eigenvalue weighted by molar-refractivity contribution is 7.88. The van der Waals surface area contributed by atoms with Gasteiger partial charge in [0.2, 0.25) is 10.0 Å². The number of nitro groups is 1. The summed E-state index contributed by atoms with van der Waals surface area (Å²) in [6, 6.07) is 2.09. The first-order chi connectivity index (χ1) is 11.2. The van der Waals surface area contributed by atoms with E-state index in [1.54, 1.807) is 0 Å². The van der Waals surface area contributed by atoms with Crippen molar-refractivity contribution in [2.75, 3.05) is 38.3 Å². The van der Waals surface area contributed by atoms with Gasteiger partial charge in [0.25, 0.3) is 5.69 Å². The molecule has 1 fully saturated rings. The van der Waals surface area contributed by atoms with Gasteiger partial charge in [0.15, 0.2) is 11.6 Å². The highest BCUT2D eigenvalue weighted by Crippen LogP contribution is 2.32. The third-order valence-electron chi connectivity index (χ3n) is 4.09. The monoisotopic (exact) mass is 361 g/mol. The molecule has 1 heterocycles. The Morgan fingerprint density at radius 1 is 1.42 bits per heavy atom. The molecule has 0 aliphatic carbocycles. The number of hydrogen-bond donors (Lipinski definition) is 1. The minimum Gasteiger partial charge on any atom is -0.494 e. The van der Waals surface area contributed by atoms with Gasteiger partial charge >= 0.3 is 0 Å². The second-order valence-corrected chi connectivity index (χ2v) is 7.73. The predicted molar refractivity (Wildman–Crippen MR) is 87.2 cm³/mol. The lowest BCUT2D eigenvalue weighted by atomic mass is 9.98. The summed E-state index contributed by atoms with van der Waals surface area (Å²) in [6.07, 6.45) is 2.50. The fourth-order valence-electron chi connectivity index (χ4n) is 2.69. The molecule has 0 unspecified atom stereocenters. The topological polar surface area (TPSA) is 102 Å². The maximum Gasteiger partial charge on any atom is 0.295 e. The van der Waals surface area contributed by atoms with Crippen molar-refractivity contribution in [1.29, 1.82) is 0 Å². The normalized spacial score (nSPS) is 16.8. The smallest absolute Gasteiger partial charge is 0.295 e. The first kappa shape index (κ1) is 18.4. The van der Waals surface area contributed by atoms with E-state index in [4.69, 9.17) is 4.74 Å². The molecule has 0 atom stereocenters. The average Bonchev–Trinajstić information content (AvgIpc) is 2.52. The van der Waals surface area contributed by atoms with Gasteiger partial charge in [-0.1, -0.05) is 0 Å². The number of ether oxygens (including phenoxy) is 1. The zero-order chi connectivity index (χ0) is 17.9. The summed E-state index contributed by atoms with van der Waals surface area (Å²) in [5.74, 6) is -0.690. The number of methoxy groups -OCH3 is 1. The molecule has 24 heavy (non-hydrogen) atoms. The molecule has 2 rings (SSSR count). The van der Waals surface area contributed by atoms with Gasteiger partial charge in [-0.2, -0.15) is 0 Å². The fourth-order valence-corrected chi connectivity index (χ4v) is 3.57. The maximum absolute atomic E-state index is 13.6. The molecular formula is C14H20FN3O5S. The number of anilines is 1. The molecule has 1 aromatic carbocycles. The molecule has 8 nitrogen and oxygen atoms in total. The van der Waals surface area contributed by atoms with E-state index in [9.17, 15) is 22.9 Å². The quantitative estimate of drug-likeness (QED) is 0.613. The summed E-state index contributed by atoms with van der Waals surface area (Å²) < 4.78 is 42.9. The Balaban J connectivity index is 2.03. The Hall–Kier alpha value is -1.94. The van der Waals surface area contributed by atoms with E-state index in [0.29, 0.717) is 32.5 Å². The van der Waals surface area contributed by atoms with Gasteiger partial charge < -0.3 is 10.1 Å². The van der Waals surface area contributed by atoms with Crippen molar-refractivity contribution in [3.63, 3.8) is 0 Å². The van der Waals surface area contributed by atoms with Crippen LogP contribution < -0.4 is 10.1 Å². The van der Waals surface area contributed by atoms with E-state index in [0.717, 1.165) is 6.07 Å². The van der Waals surface area contributed by atoms with Crippen LogP contribution in [0.1, 0.15) is 12.8 Å². The van der Waals surface area contributed by atoms with Gasteiger partial charge in [-0.3, -0.25) is 10.1 Å². The second-order valence-electron chi connectivity index (χ2n) is 5.75. The van der Waals surface area contributed by atoms with Crippen LogP contribution in [0.4, 0.5) is 15.8 Å². The van der Waals surface area contributed by atoms with Crippen LogP contribution >= 0.6 is 0 Å². The van der Waals surface area contributed by atoms with E-state index in [1.165, 1.54) is 23.7 Å². The first-order valence-corrected chi connectivity index (χ1v) is 9.28. The molecule has 0 saturated carbocycles. The molecule has 10 heteroatoms. The first-order valence-electron chi connectivity index (χ1n) is 7.43. The standard InChI is InChI=1S/C14H20FN3O5S/c1-23-14-8-12(13(18(19)20)7-11(14)15)16-9-10-3-5-17(6-4-10)24(2,21)22/h7-8,10,16H,3-6,9H2,1-2H3. The number of nitro benzene ring substituents is 1. The summed E-state index contributed by atoms with van der Waals surface area (Å²) in [5, 5.41) is 14.0. The molecule has 0 bridgehead atoms. The molecule has 1 aromatic rings. The van der Waals surface area contributed by atoms with Crippen LogP contribution in [0.15, 0.2) is 12.1 Å². The number of hydrogen-bond acceptors (Lipinski definition) is 6. The Morgan fingerprint density at radius 2 is 2.04 bits per heavy atom. The molecule has 1 aliphatic heterocycles. The zero-order valence-corrected chi connectivity index (χ0v) is 14.3. The van der Waals surface area contributed by atoms with Gasteiger partial charge in [-0.15, -0.1) is 0 Å². The second kappa shape index (κ2) is 7.31. The van der Waals surface area contributed by atoms with E-state index in [2.05, 4.69) is 5.32 Å². The van der Waals surface area contributed by atoms with Crippen LogP contribution in [0.2, 0.25) is 0 Å². The van der Waals surface area contributed by atoms with Crippen molar-refractivity contribution in [2.24, 2.45) is 5.92 Å². The van der Waals surface area contributed by atoms with Crippen LogP contribution in [-0.2, 0) is 10.0 Å². The predicted octanol–water partition coefficient (Wildman–Crippen LogP) is 1.83. The maximum atomic E-state index is 13.6. The third-order valence-corrected chi connectivity index (χ3v) is 5.39. The Bertz CT molecular complexity index is 717. The number of nitrogens with zero attached hydrogens (tertiary/aromatic N) is 2. The van der Waals surface area contributed by atoms with Crippen LogP contribution in [0, 0.1) is 21.8 Å². The molecule has 0 aromatic heterocycles. The lowest BCUT2D eigenvalue weighted by Crippen LogP contribution is -2.39.